The Kier molecular flexibility index (Phi) is 5.40. The molecule has 1 aliphatic carbocycles. The van der Waals surface area contributed by atoms with Crippen LogP contribution in [0.15, 0.2) is 33.8 Å². The van der Waals surface area contributed by atoms with Crippen LogP contribution < -0.4 is 11.1 Å². The minimum Gasteiger partial charge on any atom is -0.370 e. The van der Waals surface area contributed by atoms with E-state index in [-0.39, 0.29) is 5.82 Å². The molecular weight excluding hydrogens is 309 g/mol. The lowest BCUT2D eigenvalue weighted by atomic mass is 9.86. The highest BCUT2D eigenvalue weighted by molar-refractivity contribution is 5.77. The second-order valence-corrected chi connectivity index (χ2v) is 6.07. The molecular formula is C17H22FN5O. The molecule has 3 rings (SSSR count). The van der Waals surface area contributed by atoms with Crippen LogP contribution in [-0.4, -0.2) is 29.2 Å². The van der Waals surface area contributed by atoms with E-state index in [1.807, 2.05) is 0 Å². The van der Waals surface area contributed by atoms with Crippen LogP contribution in [0.2, 0.25) is 0 Å². The van der Waals surface area contributed by atoms with E-state index < -0.39 is 0 Å². The molecule has 6 nitrogen and oxygen atoms in total. The maximum atomic E-state index is 12.9. The van der Waals surface area contributed by atoms with Gasteiger partial charge in [-0.05, 0) is 49.4 Å². The summed E-state index contributed by atoms with van der Waals surface area (Å²) in [5, 5.41) is 7.01. The van der Waals surface area contributed by atoms with E-state index in [9.17, 15) is 4.39 Å². The molecule has 2 aromatic rings. The van der Waals surface area contributed by atoms with Crippen molar-refractivity contribution >= 4 is 5.96 Å². The summed E-state index contributed by atoms with van der Waals surface area (Å²) in [6.07, 6.45) is 5.31. The molecule has 1 saturated carbocycles. The number of halogens is 1. The van der Waals surface area contributed by atoms with Gasteiger partial charge in [-0.3, -0.25) is 4.99 Å². The highest BCUT2D eigenvalue weighted by Gasteiger charge is 2.16. The fourth-order valence-electron chi connectivity index (χ4n) is 2.49. The van der Waals surface area contributed by atoms with Crippen molar-refractivity contribution in [3.63, 3.8) is 0 Å². The van der Waals surface area contributed by atoms with E-state index in [1.54, 1.807) is 12.1 Å². The third-order valence-corrected chi connectivity index (χ3v) is 4.19. The summed E-state index contributed by atoms with van der Waals surface area (Å²) < 4.78 is 18.1. The van der Waals surface area contributed by atoms with E-state index >= 15 is 0 Å². The molecule has 0 radical (unpaired) electrons. The van der Waals surface area contributed by atoms with Gasteiger partial charge in [0.15, 0.2) is 5.96 Å². The van der Waals surface area contributed by atoms with Gasteiger partial charge in [-0.2, -0.15) is 4.98 Å². The lowest BCUT2D eigenvalue weighted by molar-refractivity contribution is 0.326. The van der Waals surface area contributed by atoms with Gasteiger partial charge in [-0.15, -0.1) is 0 Å². The summed E-state index contributed by atoms with van der Waals surface area (Å²) >= 11 is 0. The molecule has 128 valence electrons. The number of benzene rings is 1. The van der Waals surface area contributed by atoms with Crippen molar-refractivity contribution in [1.29, 1.82) is 0 Å². The van der Waals surface area contributed by atoms with Crippen molar-refractivity contribution in [3.05, 3.63) is 36.0 Å². The van der Waals surface area contributed by atoms with Crippen LogP contribution in [0.25, 0.3) is 11.4 Å². The van der Waals surface area contributed by atoms with Crippen LogP contribution in [0.4, 0.5) is 4.39 Å². The Hall–Kier alpha value is -2.44. The number of aromatic nitrogens is 2. The monoisotopic (exact) mass is 331 g/mol. The normalized spacial score (nSPS) is 15.3. The van der Waals surface area contributed by atoms with E-state index in [1.165, 1.54) is 31.4 Å². The predicted octanol–water partition coefficient (Wildman–Crippen LogP) is 2.51. The minimum atomic E-state index is -0.287. The zero-order valence-electron chi connectivity index (χ0n) is 13.5. The Morgan fingerprint density at radius 3 is 2.83 bits per heavy atom. The second-order valence-electron chi connectivity index (χ2n) is 6.07. The summed E-state index contributed by atoms with van der Waals surface area (Å²) in [6, 6.07) is 6.01. The van der Waals surface area contributed by atoms with Crippen LogP contribution in [-0.2, 0) is 6.42 Å². The van der Waals surface area contributed by atoms with Gasteiger partial charge < -0.3 is 15.6 Å². The van der Waals surface area contributed by atoms with Crippen molar-refractivity contribution in [3.8, 4) is 11.4 Å². The number of nitrogens with zero attached hydrogens (tertiary/aromatic N) is 3. The van der Waals surface area contributed by atoms with Crippen LogP contribution >= 0.6 is 0 Å². The molecule has 24 heavy (non-hydrogen) atoms. The molecule has 0 aliphatic heterocycles. The lowest BCUT2D eigenvalue weighted by Gasteiger charge is -2.23. The van der Waals surface area contributed by atoms with Crippen LogP contribution in [0.5, 0.6) is 0 Å². The molecule has 1 aromatic carbocycles. The number of hydrogen-bond acceptors (Lipinski definition) is 4. The first-order valence-corrected chi connectivity index (χ1v) is 8.33. The number of nitrogens with one attached hydrogen (secondary N) is 1. The third-order valence-electron chi connectivity index (χ3n) is 4.19. The maximum Gasteiger partial charge on any atom is 0.227 e. The fourth-order valence-corrected chi connectivity index (χ4v) is 2.49. The Balaban J connectivity index is 1.40. The van der Waals surface area contributed by atoms with Gasteiger partial charge in [-0.25, -0.2) is 4.39 Å². The maximum absolute atomic E-state index is 12.9. The molecule has 7 heteroatoms. The SMILES string of the molecule is NC(=NCC1CCC1)NCCCc1nc(-c2ccc(F)cc2)no1. The molecule has 0 bridgehead atoms. The Labute approximate surface area is 140 Å². The van der Waals surface area contributed by atoms with Crippen LogP contribution in [0.1, 0.15) is 31.6 Å². The molecule has 0 saturated heterocycles. The van der Waals surface area contributed by atoms with Gasteiger partial charge in [-0.1, -0.05) is 11.6 Å². The van der Waals surface area contributed by atoms with Crippen molar-refractivity contribution < 1.29 is 8.91 Å². The summed E-state index contributed by atoms with van der Waals surface area (Å²) in [7, 11) is 0. The van der Waals surface area contributed by atoms with E-state index in [4.69, 9.17) is 10.3 Å². The number of aryl methyl sites for hydroxylation is 1. The van der Waals surface area contributed by atoms with Gasteiger partial charge in [0.2, 0.25) is 11.7 Å². The minimum absolute atomic E-state index is 0.287. The molecule has 3 N–H and O–H groups in total. The molecule has 1 fully saturated rings. The van der Waals surface area contributed by atoms with Crippen molar-refractivity contribution in [1.82, 2.24) is 15.5 Å². The first-order valence-electron chi connectivity index (χ1n) is 8.33. The predicted molar refractivity (Wildman–Crippen MR) is 89.8 cm³/mol. The first-order chi connectivity index (χ1) is 11.7. The average molecular weight is 331 g/mol. The van der Waals surface area contributed by atoms with Gasteiger partial charge >= 0.3 is 0 Å². The topological polar surface area (TPSA) is 89.3 Å². The average Bonchev–Trinajstić information content (AvgIpc) is 3.00. The molecule has 0 unspecified atom stereocenters. The lowest BCUT2D eigenvalue weighted by Crippen LogP contribution is -2.33. The molecule has 0 spiro atoms. The number of guanidine groups is 1. The van der Waals surface area contributed by atoms with E-state index in [0.717, 1.165) is 18.5 Å². The summed E-state index contributed by atoms with van der Waals surface area (Å²) in [6.45, 7) is 1.53. The van der Waals surface area contributed by atoms with Crippen LogP contribution in [0, 0.1) is 11.7 Å². The largest absolute Gasteiger partial charge is 0.370 e. The number of rotatable bonds is 7. The highest BCUT2D eigenvalue weighted by Crippen LogP contribution is 2.26. The molecule has 0 atom stereocenters. The summed E-state index contributed by atoms with van der Waals surface area (Å²) in [4.78, 5) is 8.66. The Morgan fingerprint density at radius 2 is 2.12 bits per heavy atom. The quantitative estimate of drug-likeness (QED) is 0.462. The number of hydrogen-bond donors (Lipinski definition) is 2. The first kappa shape index (κ1) is 16.4. The zero-order chi connectivity index (χ0) is 16.8. The van der Waals surface area contributed by atoms with Gasteiger partial charge in [0.05, 0.1) is 0 Å². The standard InChI is InChI=1S/C17H22FN5O/c18-14-8-6-13(7-9-14)16-22-15(24-23-16)5-2-10-20-17(19)21-11-12-3-1-4-12/h6-9,12H,1-5,10-11H2,(H3,19,20,21). The molecule has 1 aromatic heterocycles. The van der Waals surface area contributed by atoms with Gasteiger partial charge in [0, 0.05) is 25.1 Å². The van der Waals surface area contributed by atoms with Gasteiger partial charge in [0.25, 0.3) is 0 Å². The second kappa shape index (κ2) is 7.90. The highest BCUT2D eigenvalue weighted by atomic mass is 19.1. The zero-order valence-corrected chi connectivity index (χ0v) is 13.5. The molecule has 0 amide bonds. The molecule has 1 heterocycles. The summed E-state index contributed by atoms with van der Waals surface area (Å²) in [5.41, 5.74) is 6.56. The smallest absolute Gasteiger partial charge is 0.227 e. The number of nitrogens with two attached hydrogens (primary N) is 1. The van der Waals surface area contributed by atoms with Gasteiger partial charge in [0.1, 0.15) is 5.82 Å². The van der Waals surface area contributed by atoms with Crippen molar-refractivity contribution in [2.75, 3.05) is 13.1 Å². The Morgan fingerprint density at radius 1 is 1.33 bits per heavy atom. The molecule has 1 aliphatic rings. The summed E-state index contributed by atoms with van der Waals surface area (Å²) in [5.74, 6) is 1.96. The Bertz CT molecular complexity index is 679. The number of aliphatic imine (C=N–C) groups is 1. The van der Waals surface area contributed by atoms with E-state index in [2.05, 4.69) is 20.4 Å². The van der Waals surface area contributed by atoms with Crippen molar-refractivity contribution in [2.45, 2.75) is 32.1 Å². The third kappa shape index (κ3) is 4.53. The fraction of sp³-hybridized carbons (Fsp3) is 0.471. The van der Waals surface area contributed by atoms with E-state index in [0.29, 0.717) is 36.6 Å². The van der Waals surface area contributed by atoms with Crippen LogP contribution in [0.3, 0.4) is 0 Å². The van der Waals surface area contributed by atoms with Crippen molar-refractivity contribution in [2.24, 2.45) is 16.6 Å².